The third-order valence-corrected chi connectivity index (χ3v) is 4.52. The molecule has 1 aromatic rings. The Morgan fingerprint density at radius 1 is 1.17 bits per heavy atom. The van der Waals surface area contributed by atoms with E-state index in [-0.39, 0.29) is 23.5 Å². The molecule has 0 atom stereocenters. The summed E-state index contributed by atoms with van der Waals surface area (Å²) in [5.74, 6) is -0.129. The lowest BCUT2D eigenvalue weighted by Gasteiger charge is -2.33. The van der Waals surface area contributed by atoms with Gasteiger partial charge in [0.25, 0.3) is 0 Å². The number of likely N-dealkylation sites (tertiary alicyclic amines) is 1. The van der Waals surface area contributed by atoms with Crippen molar-refractivity contribution in [2.75, 3.05) is 26.2 Å². The molecule has 0 aromatic heterocycles. The van der Waals surface area contributed by atoms with Gasteiger partial charge in [0.1, 0.15) is 5.82 Å². The fourth-order valence-corrected chi connectivity index (χ4v) is 2.99. The molecule has 0 radical (unpaired) electrons. The quantitative estimate of drug-likeness (QED) is 0.778. The van der Waals surface area contributed by atoms with Crippen molar-refractivity contribution in [1.82, 2.24) is 9.80 Å². The number of halogens is 1. The molecule has 1 saturated heterocycles. The fraction of sp³-hybridized carbons (Fsp3) is 0.474. The Balaban J connectivity index is 1.86. The molecular formula is C19H25FN2O2. The van der Waals surface area contributed by atoms with Crippen LogP contribution in [0.1, 0.15) is 32.3 Å². The van der Waals surface area contributed by atoms with Crippen LogP contribution >= 0.6 is 0 Å². The number of hydrogen-bond donors (Lipinski definition) is 0. The van der Waals surface area contributed by atoms with Crippen LogP contribution in [0, 0.1) is 11.7 Å². The summed E-state index contributed by atoms with van der Waals surface area (Å²) in [5.41, 5.74) is 0.788. The maximum Gasteiger partial charge on any atom is 0.246 e. The zero-order valence-electron chi connectivity index (χ0n) is 14.4. The number of piperidine rings is 1. The molecule has 4 nitrogen and oxygen atoms in total. The summed E-state index contributed by atoms with van der Waals surface area (Å²) in [5, 5.41) is 0. The van der Waals surface area contributed by atoms with Crippen LogP contribution in [0.2, 0.25) is 0 Å². The van der Waals surface area contributed by atoms with Crippen molar-refractivity contribution in [3.63, 3.8) is 0 Å². The minimum atomic E-state index is -0.293. The van der Waals surface area contributed by atoms with Crippen molar-refractivity contribution < 1.29 is 14.0 Å². The molecule has 2 amide bonds. The van der Waals surface area contributed by atoms with Gasteiger partial charge in [-0.1, -0.05) is 12.1 Å². The third kappa shape index (κ3) is 4.66. The molecule has 0 unspecified atom stereocenters. The first kappa shape index (κ1) is 18.2. The Bertz CT molecular complexity index is 586. The van der Waals surface area contributed by atoms with Crippen molar-refractivity contribution in [1.29, 1.82) is 0 Å². The summed E-state index contributed by atoms with van der Waals surface area (Å²) in [7, 11) is 0. The molecule has 1 aromatic carbocycles. The Hall–Kier alpha value is -2.17. The minimum absolute atomic E-state index is 0.0232. The Labute approximate surface area is 142 Å². The van der Waals surface area contributed by atoms with Gasteiger partial charge in [0.05, 0.1) is 0 Å². The normalized spacial score (nSPS) is 15.7. The van der Waals surface area contributed by atoms with E-state index >= 15 is 0 Å². The topological polar surface area (TPSA) is 40.6 Å². The van der Waals surface area contributed by atoms with E-state index in [1.807, 2.05) is 18.7 Å². The smallest absolute Gasteiger partial charge is 0.246 e. The van der Waals surface area contributed by atoms with Gasteiger partial charge in [-0.3, -0.25) is 9.59 Å². The van der Waals surface area contributed by atoms with Gasteiger partial charge in [0.15, 0.2) is 0 Å². The summed E-state index contributed by atoms with van der Waals surface area (Å²) in [4.78, 5) is 28.2. The first-order chi connectivity index (χ1) is 11.5. The van der Waals surface area contributed by atoms with Crippen LogP contribution in [0.5, 0.6) is 0 Å². The molecule has 1 heterocycles. The van der Waals surface area contributed by atoms with Crippen LogP contribution in [0.4, 0.5) is 4.39 Å². The summed E-state index contributed by atoms with van der Waals surface area (Å²) < 4.78 is 12.9. The van der Waals surface area contributed by atoms with Crippen molar-refractivity contribution in [3.8, 4) is 0 Å². The molecule has 0 saturated carbocycles. The lowest BCUT2D eigenvalue weighted by atomic mass is 9.95. The number of carbonyl (C=O) groups is 2. The highest BCUT2D eigenvalue weighted by Crippen LogP contribution is 2.20. The van der Waals surface area contributed by atoms with E-state index < -0.39 is 0 Å². The third-order valence-electron chi connectivity index (χ3n) is 4.52. The highest BCUT2D eigenvalue weighted by molar-refractivity contribution is 5.92. The number of nitrogens with zero attached hydrogens (tertiary/aromatic N) is 2. The zero-order chi connectivity index (χ0) is 17.5. The van der Waals surface area contributed by atoms with E-state index in [9.17, 15) is 14.0 Å². The second-order valence-electron chi connectivity index (χ2n) is 5.99. The van der Waals surface area contributed by atoms with Crippen molar-refractivity contribution in [3.05, 3.63) is 41.7 Å². The molecule has 1 fully saturated rings. The lowest BCUT2D eigenvalue weighted by Crippen LogP contribution is -2.44. The fourth-order valence-electron chi connectivity index (χ4n) is 2.99. The Morgan fingerprint density at radius 3 is 2.29 bits per heavy atom. The number of rotatable bonds is 5. The van der Waals surface area contributed by atoms with Gasteiger partial charge >= 0.3 is 0 Å². The van der Waals surface area contributed by atoms with Crippen LogP contribution < -0.4 is 0 Å². The Kier molecular flexibility index (Phi) is 6.53. The van der Waals surface area contributed by atoms with Crippen molar-refractivity contribution in [2.24, 2.45) is 5.92 Å². The largest absolute Gasteiger partial charge is 0.343 e. The average molecular weight is 332 g/mol. The SMILES string of the molecule is CCN(CC)C(=O)C1CCN(C(=O)/C=C/c2ccc(F)cc2)CC1. The van der Waals surface area contributed by atoms with E-state index in [2.05, 4.69) is 0 Å². The minimum Gasteiger partial charge on any atom is -0.343 e. The van der Waals surface area contributed by atoms with Gasteiger partial charge in [-0.2, -0.15) is 0 Å². The molecule has 0 bridgehead atoms. The molecule has 1 aliphatic heterocycles. The summed E-state index contributed by atoms with van der Waals surface area (Å²) >= 11 is 0. The summed E-state index contributed by atoms with van der Waals surface area (Å²) in [6, 6.07) is 6.01. The highest BCUT2D eigenvalue weighted by Gasteiger charge is 2.28. The second kappa shape index (κ2) is 8.62. The molecule has 0 aliphatic carbocycles. The van der Waals surface area contributed by atoms with Crippen molar-refractivity contribution in [2.45, 2.75) is 26.7 Å². The van der Waals surface area contributed by atoms with E-state index in [0.717, 1.165) is 18.7 Å². The van der Waals surface area contributed by atoms with Gasteiger partial charge < -0.3 is 9.80 Å². The molecule has 0 spiro atoms. The van der Waals surface area contributed by atoms with Gasteiger partial charge in [0.2, 0.25) is 11.8 Å². The molecule has 130 valence electrons. The number of carbonyl (C=O) groups excluding carboxylic acids is 2. The standard InChI is InChI=1S/C19H25FN2O2/c1-3-21(4-2)19(24)16-11-13-22(14-12-16)18(23)10-7-15-5-8-17(20)9-6-15/h5-10,16H,3-4,11-14H2,1-2H3/b10-7+. The van der Waals surface area contributed by atoms with Gasteiger partial charge in [0, 0.05) is 38.2 Å². The van der Waals surface area contributed by atoms with Crippen LogP contribution in [0.25, 0.3) is 6.08 Å². The summed E-state index contributed by atoms with van der Waals surface area (Å²) in [6.07, 6.45) is 4.63. The molecular weight excluding hydrogens is 307 g/mol. The summed E-state index contributed by atoms with van der Waals surface area (Å²) in [6.45, 7) is 6.64. The molecule has 0 N–H and O–H groups in total. The molecule has 24 heavy (non-hydrogen) atoms. The van der Waals surface area contributed by atoms with Gasteiger partial charge in [-0.25, -0.2) is 4.39 Å². The van der Waals surface area contributed by atoms with Crippen LogP contribution in [-0.2, 0) is 9.59 Å². The molecule has 1 aliphatic rings. The first-order valence-electron chi connectivity index (χ1n) is 8.56. The van der Waals surface area contributed by atoms with Crippen LogP contribution in [0.15, 0.2) is 30.3 Å². The van der Waals surface area contributed by atoms with E-state index in [1.165, 1.54) is 18.2 Å². The van der Waals surface area contributed by atoms with Crippen LogP contribution in [0.3, 0.4) is 0 Å². The predicted molar refractivity (Wildman–Crippen MR) is 92.7 cm³/mol. The highest BCUT2D eigenvalue weighted by atomic mass is 19.1. The molecule has 5 heteroatoms. The van der Waals surface area contributed by atoms with Gasteiger partial charge in [-0.15, -0.1) is 0 Å². The van der Waals surface area contributed by atoms with Gasteiger partial charge in [-0.05, 0) is 50.5 Å². The zero-order valence-corrected chi connectivity index (χ0v) is 14.4. The predicted octanol–water partition coefficient (Wildman–Crippen LogP) is 2.95. The lowest BCUT2D eigenvalue weighted by molar-refractivity contribution is -0.139. The number of benzene rings is 1. The first-order valence-corrected chi connectivity index (χ1v) is 8.56. The average Bonchev–Trinajstić information content (AvgIpc) is 2.62. The van der Waals surface area contributed by atoms with E-state index in [0.29, 0.717) is 25.9 Å². The maximum atomic E-state index is 12.9. The van der Waals surface area contributed by atoms with E-state index in [1.54, 1.807) is 23.1 Å². The van der Waals surface area contributed by atoms with Crippen LogP contribution in [-0.4, -0.2) is 47.8 Å². The number of amides is 2. The number of hydrogen-bond acceptors (Lipinski definition) is 2. The monoisotopic (exact) mass is 332 g/mol. The Morgan fingerprint density at radius 2 is 1.75 bits per heavy atom. The molecule has 2 rings (SSSR count). The maximum absolute atomic E-state index is 12.9. The van der Waals surface area contributed by atoms with E-state index in [4.69, 9.17) is 0 Å². The van der Waals surface area contributed by atoms with Crippen molar-refractivity contribution >= 4 is 17.9 Å². The second-order valence-corrected chi connectivity index (χ2v) is 5.99.